The van der Waals surface area contributed by atoms with Crippen LogP contribution in [0.25, 0.3) is 22.4 Å². The molecular weight excluding hydrogens is 428 g/mol. The fourth-order valence-electron chi connectivity index (χ4n) is 5.00. The van der Waals surface area contributed by atoms with Crippen LogP contribution in [0.2, 0.25) is 0 Å². The molecule has 0 saturated heterocycles. The van der Waals surface area contributed by atoms with E-state index in [2.05, 4.69) is 48.0 Å². The molecular formula is C28H34N2O4. The highest BCUT2D eigenvalue weighted by atomic mass is 16.5. The van der Waals surface area contributed by atoms with Gasteiger partial charge < -0.3 is 14.6 Å². The van der Waals surface area contributed by atoms with Gasteiger partial charge in [0.25, 0.3) is 0 Å². The van der Waals surface area contributed by atoms with E-state index in [9.17, 15) is 4.79 Å². The van der Waals surface area contributed by atoms with Crippen LogP contribution in [0, 0.1) is 11.8 Å². The molecule has 0 bridgehead atoms. The molecule has 4 rings (SSSR count). The van der Waals surface area contributed by atoms with E-state index in [1.807, 2.05) is 18.2 Å². The van der Waals surface area contributed by atoms with Gasteiger partial charge in [0.2, 0.25) is 0 Å². The number of hydrogen-bond donors (Lipinski definition) is 1. The lowest BCUT2D eigenvalue weighted by Crippen LogP contribution is -2.23. The summed E-state index contributed by atoms with van der Waals surface area (Å²) in [4.78, 5) is 10.7. The minimum absolute atomic E-state index is 0.205. The first-order chi connectivity index (χ1) is 16.6. The lowest BCUT2D eigenvalue weighted by Gasteiger charge is -2.28. The number of methoxy groups -OCH3 is 1. The Hall–Kier alpha value is -3.12. The summed E-state index contributed by atoms with van der Waals surface area (Å²) in [6.07, 6.45) is 5.28. The number of nitrogens with zero attached hydrogens (tertiary/aromatic N) is 2. The van der Waals surface area contributed by atoms with Crippen molar-refractivity contribution in [3.63, 3.8) is 0 Å². The molecule has 0 unspecified atom stereocenters. The number of carboxylic acids is 1. The number of carboxylic acid groups (broad SMARTS) is 1. The smallest absolute Gasteiger partial charge is 0.329 e. The van der Waals surface area contributed by atoms with Gasteiger partial charge in [-0.2, -0.15) is 5.10 Å². The molecule has 6 nitrogen and oxygen atoms in total. The van der Waals surface area contributed by atoms with E-state index in [0.717, 1.165) is 55.7 Å². The van der Waals surface area contributed by atoms with Crippen LogP contribution in [0.4, 0.5) is 0 Å². The zero-order valence-corrected chi connectivity index (χ0v) is 20.1. The van der Waals surface area contributed by atoms with Crippen molar-refractivity contribution in [3.8, 4) is 28.1 Å². The Morgan fingerprint density at radius 3 is 2.29 bits per heavy atom. The third kappa shape index (κ3) is 5.68. The molecule has 0 amide bonds. The van der Waals surface area contributed by atoms with Crippen molar-refractivity contribution in [3.05, 3.63) is 60.3 Å². The van der Waals surface area contributed by atoms with Gasteiger partial charge in [-0.05, 0) is 73.8 Å². The van der Waals surface area contributed by atoms with Gasteiger partial charge in [-0.1, -0.05) is 37.3 Å². The molecule has 0 aliphatic heterocycles. The Kier molecular flexibility index (Phi) is 8.01. The summed E-state index contributed by atoms with van der Waals surface area (Å²) in [6.45, 7) is 3.44. The largest absolute Gasteiger partial charge is 0.497 e. The molecule has 3 aromatic rings. The van der Waals surface area contributed by atoms with Gasteiger partial charge in [-0.25, -0.2) is 4.79 Å². The zero-order chi connectivity index (χ0) is 23.9. The number of benzene rings is 2. The third-order valence-electron chi connectivity index (χ3n) is 6.80. The normalized spacial score (nSPS) is 18.1. The number of aliphatic carboxylic acids is 1. The van der Waals surface area contributed by atoms with Gasteiger partial charge in [0, 0.05) is 23.4 Å². The molecule has 1 aliphatic rings. The highest BCUT2D eigenvalue weighted by Crippen LogP contribution is 2.37. The van der Waals surface area contributed by atoms with Crippen LogP contribution < -0.4 is 4.74 Å². The van der Waals surface area contributed by atoms with Crippen molar-refractivity contribution in [2.75, 3.05) is 20.3 Å². The van der Waals surface area contributed by atoms with Crippen LogP contribution in [-0.4, -0.2) is 41.2 Å². The van der Waals surface area contributed by atoms with Gasteiger partial charge in [0.1, 0.15) is 18.1 Å². The van der Waals surface area contributed by atoms with Crippen LogP contribution in [0.3, 0.4) is 0 Å². The molecule has 0 atom stereocenters. The molecule has 180 valence electrons. The van der Waals surface area contributed by atoms with Crippen LogP contribution in [0.15, 0.2) is 54.6 Å². The summed E-state index contributed by atoms with van der Waals surface area (Å²) < 4.78 is 12.9. The van der Waals surface area contributed by atoms with Crippen LogP contribution in [0.1, 0.15) is 38.3 Å². The molecule has 1 saturated carbocycles. The minimum Gasteiger partial charge on any atom is -0.497 e. The van der Waals surface area contributed by atoms with Crippen molar-refractivity contribution < 1.29 is 19.4 Å². The van der Waals surface area contributed by atoms with Crippen LogP contribution in [-0.2, 0) is 22.5 Å². The summed E-state index contributed by atoms with van der Waals surface area (Å²) in [5.41, 5.74) is 5.78. The van der Waals surface area contributed by atoms with E-state index < -0.39 is 5.97 Å². The Morgan fingerprint density at radius 1 is 1.00 bits per heavy atom. The van der Waals surface area contributed by atoms with E-state index in [4.69, 9.17) is 19.7 Å². The van der Waals surface area contributed by atoms with Gasteiger partial charge in [0.15, 0.2) is 0 Å². The van der Waals surface area contributed by atoms with E-state index in [1.54, 1.807) is 7.11 Å². The second-order valence-corrected chi connectivity index (χ2v) is 9.10. The molecule has 1 heterocycles. The Morgan fingerprint density at radius 2 is 1.68 bits per heavy atom. The molecule has 1 aromatic heterocycles. The minimum atomic E-state index is -0.902. The second kappa shape index (κ2) is 11.3. The first-order valence-electron chi connectivity index (χ1n) is 12.2. The average molecular weight is 463 g/mol. The molecule has 1 fully saturated rings. The van der Waals surface area contributed by atoms with Gasteiger partial charge in [-0.15, -0.1) is 0 Å². The van der Waals surface area contributed by atoms with Crippen molar-refractivity contribution in [1.82, 2.24) is 9.78 Å². The Balaban J connectivity index is 1.56. The van der Waals surface area contributed by atoms with E-state index in [-0.39, 0.29) is 6.61 Å². The van der Waals surface area contributed by atoms with E-state index >= 15 is 0 Å². The van der Waals surface area contributed by atoms with E-state index in [1.165, 1.54) is 16.8 Å². The fourth-order valence-corrected chi connectivity index (χ4v) is 5.00. The lowest BCUT2D eigenvalue weighted by molar-refractivity contribution is -0.142. The summed E-state index contributed by atoms with van der Waals surface area (Å²) in [5.74, 6) is 0.951. The maximum absolute atomic E-state index is 10.7. The van der Waals surface area contributed by atoms with Gasteiger partial charge >= 0.3 is 5.97 Å². The number of carbonyl (C=O) groups is 1. The molecule has 2 aromatic carbocycles. The highest BCUT2D eigenvalue weighted by Gasteiger charge is 2.25. The SMILES string of the molecule is CCc1c(-c2ccccc2)c(-c2ccc(OC)cc2)nn1C[C@H]1CC[C@@H](COCC(=O)O)CC1. The Bertz CT molecular complexity index is 1070. The first kappa shape index (κ1) is 24.0. The average Bonchev–Trinajstić information content (AvgIpc) is 3.23. The highest BCUT2D eigenvalue weighted by molar-refractivity contribution is 5.83. The number of hydrogen-bond acceptors (Lipinski definition) is 4. The van der Waals surface area contributed by atoms with Crippen molar-refractivity contribution in [2.24, 2.45) is 11.8 Å². The van der Waals surface area contributed by atoms with Crippen LogP contribution >= 0.6 is 0 Å². The first-order valence-corrected chi connectivity index (χ1v) is 12.2. The van der Waals surface area contributed by atoms with Gasteiger partial charge in [0.05, 0.1) is 13.7 Å². The number of ether oxygens (including phenoxy) is 2. The van der Waals surface area contributed by atoms with Crippen molar-refractivity contribution >= 4 is 5.97 Å². The van der Waals surface area contributed by atoms with E-state index in [0.29, 0.717) is 18.4 Å². The van der Waals surface area contributed by atoms with Crippen molar-refractivity contribution in [2.45, 2.75) is 45.6 Å². The molecule has 1 N–H and O–H groups in total. The van der Waals surface area contributed by atoms with Gasteiger partial charge in [-0.3, -0.25) is 4.68 Å². The zero-order valence-electron chi connectivity index (χ0n) is 20.1. The second-order valence-electron chi connectivity index (χ2n) is 9.10. The maximum Gasteiger partial charge on any atom is 0.329 e. The maximum atomic E-state index is 10.7. The predicted octanol–water partition coefficient (Wildman–Crippen LogP) is 5.70. The Labute approximate surface area is 201 Å². The lowest BCUT2D eigenvalue weighted by atomic mass is 9.82. The third-order valence-corrected chi connectivity index (χ3v) is 6.80. The summed E-state index contributed by atoms with van der Waals surface area (Å²) >= 11 is 0. The molecule has 34 heavy (non-hydrogen) atoms. The molecule has 0 radical (unpaired) electrons. The van der Waals surface area contributed by atoms with Crippen LogP contribution in [0.5, 0.6) is 5.75 Å². The predicted molar refractivity (Wildman–Crippen MR) is 133 cm³/mol. The quantitative estimate of drug-likeness (QED) is 0.419. The monoisotopic (exact) mass is 462 g/mol. The topological polar surface area (TPSA) is 73.6 Å². The van der Waals surface area contributed by atoms with Crippen molar-refractivity contribution in [1.29, 1.82) is 0 Å². The number of aromatic nitrogens is 2. The number of rotatable bonds is 10. The fraction of sp³-hybridized carbons (Fsp3) is 0.429. The molecule has 1 aliphatic carbocycles. The standard InChI is InChI=1S/C28H34N2O4/c1-3-25-27(22-7-5-4-6-8-22)28(23-13-15-24(33-2)16-14-23)29-30(25)17-20-9-11-21(12-10-20)18-34-19-26(31)32/h4-8,13-16,20-21H,3,9-12,17-19H2,1-2H3,(H,31,32)/t20-,21+. The summed E-state index contributed by atoms with van der Waals surface area (Å²) in [7, 11) is 1.68. The summed E-state index contributed by atoms with van der Waals surface area (Å²) in [6, 6.07) is 18.7. The summed E-state index contributed by atoms with van der Waals surface area (Å²) in [5, 5.41) is 13.9. The molecule has 0 spiro atoms. The molecule has 6 heteroatoms.